The summed E-state index contributed by atoms with van der Waals surface area (Å²) in [7, 11) is -4.16. The van der Waals surface area contributed by atoms with Crippen molar-refractivity contribution in [2.24, 2.45) is 5.14 Å². The number of nitro groups is 1. The van der Waals surface area contributed by atoms with E-state index >= 15 is 0 Å². The smallest absolute Gasteiger partial charge is 0.338 e. The molecular weight excluding hydrogens is 288 g/mol. The summed E-state index contributed by atoms with van der Waals surface area (Å²) >= 11 is 0. The maximum absolute atomic E-state index is 11.8. The van der Waals surface area contributed by atoms with Crippen molar-refractivity contribution in [2.45, 2.75) is 31.3 Å². The van der Waals surface area contributed by atoms with E-state index in [2.05, 4.69) is 0 Å². The Hall–Kier alpha value is -2.00. The van der Waals surface area contributed by atoms with Crippen LogP contribution >= 0.6 is 0 Å². The number of hydrogen-bond acceptors (Lipinski definition) is 6. The number of primary sulfonamides is 1. The maximum atomic E-state index is 11.8. The number of carbonyl (C=O) groups is 1. The highest BCUT2D eigenvalue weighted by Crippen LogP contribution is 2.21. The van der Waals surface area contributed by atoms with E-state index in [1.807, 2.05) is 0 Å². The average Bonchev–Trinajstić information content (AvgIpc) is 2.36. The molecule has 0 aromatic heterocycles. The van der Waals surface area contributed by atoms with E-state index in [1.165, 1.54) is 0 Å². The molecule has 0 aliphatic heterocycles. The van der Waals surface area contributed by atoms with E-state index < -0.39 is 31.5 Å². The lowest BCUT2D eigenvalue weighted by molar-refractivity contribution is -0.385. The lowest BCUT2D eigenvalue weighted by Gasteiger charge is -2.11. The minimum absolute atomic E-state index is 0.233. The monoisotopic (exact) mass is 302 g/mol. The molecule has 8 nitrogen and oxygen atoms in total. The molecule has 0 saturated heterocycles. The van der Waals surface area contributed by atoms with Crippen LogP contribution in [0.4, 0.5) is 5.69 Å². The zero-order valence-electron chi connectivity index (χ0n) is 10.9. The zero-order valence-corrected chi connectivity index (χ0v) is 11.7. The van der Waals surface area contributed by atoms with Gasteiger partial charge in [0, 0.05) is 12.1 Å². The summed E-state index contributed by atoms with van der Waals surface area (Å²) in [5.74, 6) is -0.840. The molecule has 1 aromatic carbocycles. The van der Waals surface area contributed by atoms with Crippen molar-refractivity contribution in [3.63, 3.8) is 0 Å². The molecule has 0 heterocycles. The van der Waals surface area contributed by atoms with Gasteiger partial charge in [0.1, 0.15) is 0 Å². The van der Waals surface area contributed by atoms with Crippen LogP contribution in [0, 0.1) is 10.1 Å². The van der Waals surface area contributed by atoms with Crippen LogP contribution in [-0.2, 0) is 14.8 Å². The fraction of sp³-hybridized carbons (Fsp3) is 0.364. The Labute approximate surface area is 115 Å². The second-order valence-electron chi connectivity index (χ2n) is 4.14. The van der Waals surface area contributed by atoms with Crippen molar-refractivity contribution < 1.29 is 22.9 Å². The zero-order chi connectivity index (χ0) is 15.5. The fourth-order valence-corrected chi connectivity index (χ4v) is 1.88. The molecule has 0 saturated carbocycles. The number of nitrogens with zero attached hydrogens (tertiary/aromatic N) is 1. The Morgan fingerprint density at radius 3 is 2.50 bits per heavy atom. The summed E-state index contributed by atoms with van der Waals surface area (Å²) in [6.07, 6.45) is 0.169. The normalized spacial score (nSPS) is 12.8. The highest BCUT2D eigenvalue weighted by Gasteiger charge is 2.21. The lowest BCUT2D eigenvalue weighted by Crippen LogP contribution is -2.17. The van der Waals surface area contributed by atoms with Crippen LogP contribution in [-0.4, -0.2) is 25.4 Å². The number of benzene rings is 1. The predicted octanol–water partition coefficient (Wildman–Crippen LogP) is 1.20. The van der Waals surface area contributed by atoms with Gasteiger partial charge in [-0.15, -0.1) is 0 Å². The summed E-state index contributed by atoms with van der Waals surface area (Å²) in [5, 5.41) is 15.7. The van der Waals surface area contributed by atoms with Crippen molar-refractivity contribution >= 4 is 21.7 Å². The van der Waals surface area contributed by atoms with Crippen molar-refractivity contribution in [2.75, 3.05) is 0 Å². The quantitative estimate of drug-likeness (QED) is 0.494. The van der Waals surface area contributed by atoms with Gasteiger partial charge in [0.05, 0.1) is 21.5 Å². The van der Waals surface area contributed by atoms with Crippen molar-refractivity contribution in [1.82, 2.24) is 0 Å². The molecule has 9 heteroatoms. The van der Waals surface area contributed by atoms with Crippen LogP contribution in [0.1, 0.15) is 30.6 Å². The molecule has 0 fully saturated rings. The van der Waals surface area contributed by atoms with E-state index in [4.69, 9.17) is 9.88 Å². The number of rotatable bonds is 5. The van der Waals surface area contributed by atoms with Crippen LogP contribution in [0.15, 0.2) is 23.1 Å². The van der Waals surface area contributed by atoms with Crippen molar-refractivity contribution in [1.29, 1.82) is 0 Å². The van der Waals surface area contributed by atoms with Gasteiger partial charge in [0.25, 0.3) is 5.69 Å². The van der Waals surface area contributed by atoms with Gasteiger partial charge in [-0.1, -0.05) is 6.92 Å². The van der Waals surface area contributed by atoms with Crippen LogP contribution in [0.25, 0.3) is 0 Å². The molecular formula is C11H14N2O6S. The molecule has 0 amide bonds. The first-order valence-corrected chi connectivity index (χ1v) is 7.23. The van der Waals surface area contributed by atoms with Gasteiger partial charge in [-0.25, -0.2) is 18.4 Å². The Bertz CT molecular complexity index is 640. The maximum Gasteiger partial charge on any atom is 0.338 e. The number of nitro benzene ring substituents is 1. The molecule has 20 heavy (non-hydrogen) atoms. The summed E-state index contributed by atoms with van der Waals surface area (Å²) in [5.41, 5.74) is -0.781. The lowest BCUT2D eigenvalue weighted by atomic mass is 10.2. The van der Waals surface area contributed by atoms with Crippen molar-refractivity contribution in [3.8, 4) is 0 Å². The summed E-state index contributed by atoms with van der Waals surface area (Å²) in [4.78, 5) is 21.2. The number of ether oxygens (including phenoxy) is 1. The third-order valence-electron chi connectivity index (χ3n) is 2.55. The number of carbonyl (C=O) groups excluding carboxylic acids is 1. The van der Waals surface area contributed by atoms with Crippen LogP contribution in [0.3, 0.4) is 0 Å². The number of non-ortho nitro benzene ring substituents is 1. The van der Waals surface area contributed by atoms with E-state index in [-0.39, 0.29) is 11.7 Å². The van der Waals surface area contributed by atoms with Crippen LogP contribution < -0.4 is 5.14 Å². The van der Waals surface area contributed by atoms with Gasteiger partial charge in [-0.3, -0.25) is 10.1 Å². The summed E-state index contributed by atoms with van der Waals surface area (Å²) < 4.78 is 27.5. The Morgan fingerprint density at radius 2 is 2.05 bits per heavy atom. The topological polar surface area (TPSA) is 130 Å². The highest BCUT2D eigenvalue weighted by atomic mass is 32.2. The second kappa shape index (κ2) is 5.97. The minimum atomic E-state index is -4.16. The SMILES string of the molecule is CCC(C)OC(=O)c1cc([N+](=O)[O-])cc(S(N)(=O)=O)c1. The van der Waals surface area contributed by atoms with Crippen LogP contribution in [0.5, 0.6) is 0 Å². The minimum Gasteiger partial charge on any atom is -0.459 e. The average molecular weight is 302 g/mol. The largest absolute Gasteiger partial charge is 0.459 e. The number of esters is 1. The Kier molecular flexibility index (Phi) is 4.79. The first-order chi connectivity index (χ1) is 9.15. The van der Waals surface area contributed by atoms with E-state index in [0.717, 1.165) is 18.2 Å². The molecule has 1 atom stereocenters. The molecule has 0 aliphatic carbocycles. The van der Waals surface area contributed by atoms with Gasteiger partial charge in [0.15, 0.2) is 0 Å². The molecule has 0 radical (unpaired) electrons. The molecule has 1 unspecified atom stereocenters. The first kappa shape index (κ1) is 16.1. The second-order valence-corrected chi connectivity index (χ2v) is 5.70. The molecule has 1 rings (SSSR count). The summed E-state index contributed by atoms with van der Waals surface area (Å²) in [6.45, 7) is 3.44. The molecule has 2 N–H and O–H groups in total. The third kappa shape index (κ3) is 4.00. The Balaban J connectivity index is 3.29. The molecule has 0 bridgehead atoms. The fourth-order valence-electron chi connectivity index (χ4n) is 1.30. The molecule has 110 valence electrons. The molecule has 1 aromatic rings. The van der Waals surface area contributed by atoms with E-state index in [0.29, 0.717) is 6.42 Å². The van der Waals surface area contributed by atoms with E-state index in [9.17, 15) is 23.3 Å². The van der Waals surface area contributed by atoms with Gasteiger partial charge < -0.3 is 4.74 Å². The number of hydrogen-bond donors (Lipinski definition) is 1. The number of nitrogens with two attached hydrogens (primary N) is 1. The standard InChI is InChI=1S/C11H14N2O6S/c1-3-7(2)19-11(14)8-4-9(13(15)16)6-10(5-8)20(12,17)18/h4-7H,3H2,1-2H3,(H2,12,17,18). The van der Waals surface area contributed by atoms with E-state index in [1.54, 1.807) is 13.8 Å². The highest BCUT2D eigenvalue weighted by molar-refractivity contribution is 7.89. The van der Waals surface area contributed by atoms with Gasteiger partial charge >= 0.3 is 5.97 Å². The Morgan fingerprint density at radius 1 is 1.45 bits per heavy atom. The molecule has 0 aliphatic rings. The van der Waals surface area contributed by atoms with Crippen LogP contribution in [0.2, 0.25) is 0 Å². The third-order valence-corrected chi connectivity index (χ3v) is 3.44. The first-order valence-electron chi connectivity index (χ1n) is 5.68. The van der Waals surface area contributed by atoms with Crippen molar-refractivity contribution in [3.05, 3.63) is 33.9 Å². The van der Waals surface area contributed by atoms with Gasteiger partial charge in [-0.2, -0.15) is 0 Å². The van der Waals surface area contributed by atoms with Gasteiger partial charge in [-0.05, 0) is 19.4 Å². The molecule has 0 spiro atoms. The predicted molar refractivity (Wildman–Crippen MR) is 69.6 cm³/mol. The van der Waals surface area contributed by atoms with Gasteiger partial charge in [0.2, 0.25) is 10.0 Å². The number of sulfonamides is 1. The summed E-state index contributed by atoms with van der Waals surface area (Å²) in [6, 6.07) is 2.68.